The summed E-state index contributed by atoms with van der Waals surface area (Å²) < 4.78 is 6.81. The van der Waals surface area contributed by atoms with E-state index in [4.69, 9.17) is 4.74 Å². The molecule has 1 heterocycles. The largest absolute Gasteiger partial charge is 0.382 e. The second-order valence-electron chi connectivity index (χ2n) is 5.72. The lowest BCUT2D eigenvalue weighted by Crippen LogP contribution is -2.33. The number of nitrogens with zero attached hydrogens (tertiary/aromatic N) is 2. The number of hydrogen-bond acceptors (Lipinski definition) is 5. The van der Waals surface area contributed by atoms with Gasteiger partial charge in [-0.05, 0) is 32.4 Å². The molecule has 2 aromatic rings. The number of amides is 1. The molecule has 0 radical (unpaired) electrons. The fourth-order valence-electron chi connectivity index (χ4n) is 2.41. The minimum Gasteiger partial charge on any atom is -0.382 e. The molecule has 1 atom stereocenters. The Labute approximate surface area is 157 Å². The van der Waals surface area contributed by atoms with E-state index in [0.29, 0.717) is 42.4 Å². The van der Waals surface area contributed by atoms with E-state index in [1.54, 1.807) is 22.8 Å². The third-order valence-corrected chi connectivity index (χ3v) is 4.85. The molecule has 2 rings (SSSR count). The van der Waals surface area contributed by atoms with Crippen LogP contribution < -0.4 is 10.9 Å². The first kappa shape index (κ1) is 20.2. The van der Waals surface area contributed by atoms with Crippen molar-refractivity contribution in [2.75, 3.05) is 19.8 Å². The summed E-state index contributed by atoms with van der Waals surface area (Å²) in [6.07, 6.45) is 2.42. The van der Waals surface area contributed by atoms with Crippen molar-refractivity contribution in [3.8, 4) is 0 Å². The Balaban J connectivity index is 2.13. The van der Waals surface area contributed by atoms with E-state index >= 15 is 0 Å². The lowest BCUT2D eigenvalue weighted by atomic mass is 10.2. The summed E-state index contributed by atoms with van der Waals surface area (Å²) >= 11 is 1.28. The van der Waals surface area contributed by atoms with Crippen molar-refractivity contribution in [3.05, 3.63) is 47.3 Å². The molecule has 6 nitrogen and oxygen atoms in total. The van der Waals surface area contributed by atoms with Crippen molar-refractivity contribution in [1.29, 1.82) is 0 Å². The van der Waals surface area contributed by atoms with E-state index in [1.165, 1.54) is 11.8 Å². The Kier molecular flexibility index (Phi) is 7.87. The molecule has 0 saturated carbocycles. The highest BCUT2D eigenvalue weighted by Crippen LogP contribution is 2.22. The number of allylic oxidation sites excluding steroid dienone is 1. The number of carbonyl (C=O) groups excluding carboxylic acids is 1. The van der Waals surface area contributed by atoms with Gasteiger partial charge in [0.05, 0.1) is 16.2 Å². The highest BCUT2D eigenvalue weighted by atomic mass is 32.2. The number of aromatic nitrogens is 2. The Hall–Kier alpha value is -2.12. The number of ether oxygens (including phenoxy) is 1. The molecule has 0 aliphatic rings. The number of rotatable bonds is 10. The number of thioether (sulfide) groups is 1. The van der Waals surface area contributed by atoms with Crippen LogP contribution in [0.25, 0.3) is 10.9 Å². The molecule has 0 fully saturated rings. The van der Waals surface area contributed by atoms with Crippen LogP contribution >= 0.6 is 11.8 Å². The van der Waals surface area contributed by atoms with Gasteiger partial charge in [-0.25, -0.2) is 4.98 Å². The molecule has 26 heavy (non-hydrogen) atoms. The third kappa shape index (κ3) is 5.19. The van der Waals surface area contributed by atoms with Crippen LogP contribution in [0.5, 0.6) is 0 Å². The zero-order chi connectivity index (χ0) is 18.9. The Morgan fingerprint density at radius 2 is 2.23 bits per heavy atom. The van der Waals surface area contributed by atoms with Crippen LogP contribution in [0.3, 0.4) is 0 Å². The second-order valence-corrected chi connectivity index (χ2v) is 7.03. The zero-order valence-electron chi connectivity index (χ0n) is 15.2. The fourth-order valence-corrected chi connectivity index (χ4v) is 3.36. The molecular weight excluding hydrogens is 350 g/mol. The van der Waals surface area contributed by atoms with Gasteiger partial charge in [0.15, 0.2) is 5.16 Å². The monoisotopic (exact) mass is 375 g/mol. The van der Waals surface area contributed by atoms with Gasteiger partial charge < -0.3 is 10.1 Å². The maximum absolute atomic E-state index is 12.7. The maximum Gasteiger partial charge on any atom is 0.262 e. The summed E-state index contributed by atoms with van der Waals surface area (Å²) in [7, 11) is 0. The van der Waals surface area contributed by atoms with E-state index in [1.807, 2.05) is 26.0 Å². The predicted molar refractivity (Wildman–Crippen MR) is 106 cm³/mol. The predicted octanol–water partition coefficient (Wildman–Crippen LogP) is 2.61. The molecule has 140 valence electrons. The lowest BCUT2D eigenvalue weighted by molar-refractivity contribution is -0.120. The van der Waals surface area contributed by atoms with Crippen LogP contribution in [0.4, 0.5) is 0 Å². The number of carbonyl (C=O) groups is 1. The van der Waals surface area contributed by atoms with E-state index in [0.717, 1.165) is 6.42 Å². The summed E-state index contributed by atoms with van der Waals surface area (Å²) in [5, 5.41) is 3.60. The molecule has 0 saturated heterocycles. The summed E-state index contributed by atoms with van der Waals surface area (Å²) in [4.78, 5) is 29.6. The van der Waals surface area contributed by atoms with Crippen LogP contribution in [0.2, 0.25) is 0 Å². The van der Waals surface area contributed by atoms with E-state index in [2.05, 4.69) is 16.9 Å². The molecule has 7 heteroatoms. The molecule has 1 N–H and O–H groups in total. The van der Waals surface area contributed by atoms with E-state index < -0.39 is 0 Å². The van der Waals surface area contributed by atoms with E-state index in [-0.39, 0.29) is 16.7 Å². The second kappa shape index (κ2) is 10.1. The van der Waals surface area contributed by atoms with Crippen LogP contribution in [-0.4, -0.2) is 40.5 Å². The number of benzene rings is 1. The van der Waals surface area contributed by atoms with Crippen LogP contribution in [-0.2, 0) is 16.1 Å². The van der Waals surface area contributed by atoms with Gasteiger partial charge in [-0.1, -0.05) is 30.0 Å². The van der Waals surface area contributed by atoms with Crippen molar-refractivity contribution in [1.82, 2.24) is 14.9 Å². The van der Waals surface area contributed by atoms with Gasteiger partial charge in [0, 0.05) is 26.3 Å². The molecular formula is C19H25N3O3S. The summed E-state index contributed by atoms with van der Waals surface area (Å²) in [5.74, 6) is -0.0842. The Morgan fingerprint density at radius 3 is 2.96 bits per heavy atom. The standard InChI is InChI=1S/C19H25N3O3S/c1-4-12-22-18(24)15-9-6-7-10-16(15)21-19(22)26-14(3)17(23)20-11-8-13-25-5-2/h4,6-7,9-10,14H,1,5,8,11-13H2,2-3H3,(H,20,23). The van der Waals surface area contributed by atoms with Gasteiger partial charge >= 0.3 is 0 Å². The van der Waals surface area contributed by atoms with Crippen LogP contribution in [0.15, 0.2) is 46.9 Å². The molecule has 0 aliphatic heterocycles. The van der Waals surface area contributed by atoms with Crippen molar-refractivity contribution in [3.63, 3.8) is 0 Å². The average molecular weight is 375 g/mol. The minimum absolute atomic E-state index is 0.0842. The summed E-state index contributed by atoms with van der Waals surface area (Å²) in [6, 6.07) is 7.22. The first-order valence-corrected chi connectivity index (χ1v) is 9.59. The van der Waals surface area contributed by atoms with Gasteiger partial charge in [0.1, 0.15) is 0 Å². The average Bonchev–Trinajstić information content (AvgIpc) is 2.64. The zero-order valence-corrected chi connectivity index (χ0v) is 16.1. The number of hydrogen-bond donors (Lipinski definition) is 1. The van der Waals surface area contributed by atoms with Crippen molar-refractivity contribution in [2.45, 2.75) is 37.2 Å². The first-order chi connectivity index (χ1) is 12.6. The van der Waals surface area contributed by atoms with Gasteiger partial charge in [-0.3, -0.25) is 14.2 Å². The highest BCUT2D eigenvalue weighted by molar-refractivity contribution is 8.00. The van der Waals surface area contributed by atoms with Gasteiger partial charge in [0.2, 0.25) is 5.91 Å². The normalized spacial score (nSPS) is 12.1. The summed E-state index contributed by atoms with van der Waals surface area (Å²) in [6.45, 7) is 9.67. The number of fused-ring (bicyclic) bond motifs is 1. The van der Waals surface area contributed by atoms with Gasteiger partial charge in [0.25, 0.3) is 5.56 Å². The number of para-hydroxylation sites is 1. The molecule has 0 bridgehead atoms. The SMILES string of the molecule is C=CCn1c(SC(C)C(=O)NCCCOCC)nc2ccccc2c1=O. The molecule has 1 amide bonds. The topological polar surface area (TPSA) is 73.2 Å². The molecule has 1 unspecified atom stereocenters. The molecule has 1 aromatic carbocycles. The van der Waals surface area contributed by atoms with E-state index in [9.17, 15) is 9.59 Å². The Bertz CT molecular complexity index is 819. The highest BCUT2D eigenvalue weighted by Gasteiger charge is 2.18. The molecule has 0 aliphatic carbocycles. The van der Waals surface area contributed by atoms with Crippen LogP contribution in [0, 0.1) is 0 Å². The molecule has 1 aromatic heterocycles. The Morgan fingerprint density at radius 1 is 1.46 bits per heavy atom. The van der Waals surface area contributed by atoms with Crippen LogP contribution in [0.1, 0.15) is 20.3 Å². The quantitative estimate of drug-likeness (QED) is 0.299. The van der Waals surface area contributed by atoms with Crippen molar-refractivity contribution in [2.24, 2.45) is 0 Å². The first-order valence-electron chi connectivity index (χ1n) is 8.71. The summed E-state index contributed by atoms with van der Waals surface area (Å²) in [5.41, 5.74) is 0.506. The van der Waals surface area contributed by atoms with Crippen molar-refractivity contribution >= 4 is 28.6 Å². The smallest absolute Gasteiger partial charge is 0.262 e. The third-order valence-electron chi connectivity index (χ3n) is 3.76. The van der Waals surface area contributed by atoms with Gasteiger partial charge in [-0.2, -0.15) is 0 Å². The maximum atomic E-state index is 12.7. The minimum atomic E-state index is -0.369. The molecule has 0 spiro atoms. The van der Waals surface area contributed by atoms with Crippen molar-refractivity contribution < 1.29 is 9.53 Å². The van der Waals surface area contributed by atoms with Gasteiger partial charge in [-0.15, -0.1) is 6.58 Å². The number of nitrogens with one attached hydrogen (secondary N) is 1. The fraction of sp³-hybridized carbons (Fsp3) is 0.421. The lowest BCUT2D eigenvalue weighted by Gasteiger charge is -2.15.